The van der Waals surface area contributed by atoms with Gasteiger partial charge in [-0.2, -0.15) is 0 Å². The van der Waals surface area contributed by atoms with Crippen molar-refractivity contribution in [3.63, 3.8) is 0 Å². The largest absolute Gasteiger partial charge is 0.288 e. The van der Waals surface area contributed by atoms with E-state index in [1.54, 1.807) is 6.92 Å². The van der Waals surface area contributed by atoms with Crippen molar-refractivity contribution in [2.24, 2.45) is 0 Å². The van der Waals surface area contributed by atoms with E-state index in [9.17, 15) is 4.79 Å². The molecule has 0 aliphatic heterocycles. The zero-order valence-corrected chi connectivity index (χ0v) is 7.63. The maximum Gasteiger partial charge on any atom is 0.185 e. The maximum absolute atomic E-state index is 9.68. The molecule has 0 saturated heterocycles. The third kappa shape index (κ3) is 8.82. The van der Waals surface area contributed by atoms with E-state index < -0.39 is 0 Å². The van der Waals surface area contributed by atoms with Crippen LogP contribution in [0.3, 0.4) is 0 Å². The van der Waals surface area contributed by atoms with Crippen LogP contribution in [0.1, 0.15) is 13.3 Å². The van der Waals surface area contributed by atoms with Crippen molar-refractivity contribution in [1.82, 2.24) is 0 Å². The van der Waals surface area contributed by atoms with Crippen LogP contribution < -0.4 is 0 Å². The van der Waals surface area contributed by atoms with Gasteiger partial charge in [0.25, 0.3) is 0 Å². The van der Waals surface area contributed by atoms with Gasteiger partial charge in [0.15, 0.2) is 5.12 Å². The Bertz CT molecular complexity index is 46.1. The predicted octanol–water partition coefficient (Wildman–Crippen LogP) is 0.850. The summed E-state index contributed by atoms with van der Waals surface area (Å²) in [4.78, 5) is 9.68. The summed E-state index contributed by atoms with van der Waals surface area (Å²) in [5, 5.41) is -0.0509. The first-order chi connectivity index (χ1) is 2.27. The Kier molecular flexibility index (Phi) is 9.23. The van der Waals surface area contributed by atoms with E-state index in [1.165, 1.54) is 0 Å². The first-order valence-electron chi connectivity index (χ1n) is 1.49. The van der Waals surface area contributed by atoms with E-state index in [1.807, 2.05) is 0 Å². The molecular weight excluding hydrogens is 149 g/mol. The Labute approximate surface area is 55.7 Å². The van der Waals surface area contributed by atoms with Gasteiger partial charge >= 0.3 is 0 Å². The fourth-order valence-electron chi connectivity index (χ4n) is 0. The van der Waals surface area contributed by atoms with Crippen molar-refractivity contribution >= 4 is 17.7 Å². The fourth-order valence-corrected chi connectivity index (χ4v) is 0. The summed E-state index contributed by atoms with van der Waals surface area (Å²) >= 11 is 3.46. The summed E-state index contributed by atoms with van der Waals surface area (Å²) in [6, 6.07) is 0. The van der Waals surface area contributed by atoms with Gasteiger partial charge in [-0.3, -0.25) is 4.79 Å². The Morgan fingerprint density at radius 1 is 1.83 bits per heavy atom. The van der Waals surface area contributed by atoms with E-state index >= 15 is 0 Å². The maximum atomic E-state index is 9.68. The number of carbonyl (C=O) groups is 1. The van der Waals surface area contributed by atoms with Gasteiger partial charge in [0.1, 0.15) is 0 Å². The molecule has 32 valence electrons. The third-order valence-electron chi connectivity index (χ3n) is 0.302. The predicted molar refractivity (Wildman–Crippen MR) is 24.3 cm³/mol. The molecule has 0 saturated carbocycles. The van der Waals surface area contributed by atoms with Gasteiger partial charge < -0.3 is 0 Å². The molecule has 0 unspecified atom stereocenters. The Balaban J connectivity index is 0. The summed E-state index contributed by atoms with van der Waals surface area (Å²) in [5.41, 5.74) is 0. The van der Waals surface area contributed by atoms with Gasteiger partial charge in [0.2, 0.25) is 0 Å². The summed E-state index contributed by atoms with van der Waals surface area (Å²) in [7, 11) is 0. The van der Waals surface area contributed by atoms with Crippen molar-refractivity contribution in [1.29, 1.82) is 0 Å². The summed E-state index contributed by atoms with van der Waals surface area (Å²) in [5.74, 6) is 0. The molecule has 0 bridgehead atoms. The van der Waals surface area contributed by atoms with Crippen LogP contribution in [0.4, 0.5) is 0 Å². The van der Waals surface area contributed by atoms with Crippen molar-refractivity contribution in [2.75, 3.05) is 0 Å². The average molecular weight is 156 g/mol. The number of hydrogen-bond donors (Lipinski definition) is 1. The zero-order valence-electron chi connectivity index (χ0n) is 3.77. The second-order valence-corrected chi connectivity index (χ2v) is 1.25. The van der Waals surface area contributed by atoms with Crippen LogP contribution in [0.5, 0.6) is 0 Å². The van der Waals surface area contributed by atoms with Crippen LogP contribution in [0.25, 0.3) is 0 Å². The Morgan fingerprint density at radius 2 is 2.00 bits per heavy atom. The van der Waals surface area contributed by atoms with Crippen LogP contribution in [0, 0.1) is 0 Å². The van der Waals surface area contributed by atoms with Crippen molar-refractivity contribution in [3.05, 3.63) is 0 Å². The minimum atomic E-state index is -0.0509. The van der Waals surface area contributed by atoms with Crippen LogP contribution in [-0.4, -0.2) is 5.12 Å². The molecule has 0 aliphatic carbocycles. The molecule has 0 aliphatic rings. The number of hydrogen-bond acceptors (Lipinski definition) is 1. The monoisotopic (exact) mass is 154 g/mol. The van der Waals surface area contributed by atoms with Crippen LogP contribution >= 0.6 is 12.6 Å². The van der Waals surface area contributed by atoms with E-state index in [2.05, 4.69) is 12.6 Å². The smallest absolute Gasteiger partial charge is 0.185 e. The molecule has 0 aromatic heterocycles. The van der Waals surface area contributed by atoms with Crippen molar-refractivity contribution in [3.8, 4) is 0 Å². The fraction of sp³-hybridized carbons (Fsp3) is 0.667. The topological polar surface area (TPSA) is 17.1 Å². The number of thiol groups is 1. The molecule has 0 amide bonds. The molecule has 0 atom stereocenters. The molecule has 6 heavy (non-hydrogen) atoms. The summed E-state index contributed by atoms with van der Waals surface area (Å²) in [6.45, 7) is 1.77. The number of rotatable bonds is 1. The zero-order chi connectivity index (χ0) is 4.28. The quantitative estimate of drug-likeness (QED) is 0.439. The van der Waals surface area contributed by atoms with E-state index in [0.717, 1.165) is 0 Å². The summed E-state index contributed by atoms with van der Waals surface area (Å²) < 4.78 is 0. The van der Waals surface area contributed by atoms with Gasteiger partial charge in [-0.25, -0.2) is 0 Å². The van der Waals surface area contributed by atoms with E-state index in [4.69, 9.17) is 0 Å². The molecule has 0 heterocycles. The first-order valence-corrected chi connectivity index (χ1v) is 1.94. The van der Waals surface area contributed by atoms with Crippen LogP contribution in [0.2, 0.25) is 0 Å². The molecule has 0 N–H and O–H groups in total. The van der Waals surface area contributed by atoms with Gasteiger partial charge in [0, 0.05) is 25.9 Å². The molecule has 0 spiro atoms. The minimum Gasteiger partial charge on any atom is -0.288 e. The van der Waals surface area contributed by atoms with Gasteiger partial charge in [0.05, 0.1) is 0 Å². The molecule has 0 radical (unpaired) electrons. The van der Waals surface area contributed by atoms with Crippen LogP contribution in [-0.2, 0) is 24.3 Å². The molecule has 0 rings (SSSR count). The van der Waals surface area contributed by atoms with Gasteiger partial charge in [-0.05, 0) is 0 Å². The summed E-state index contributed by atoms with van der Waals surface area (Å²) in [6.07, 6.45) is 0.531. The first kappa shape index (κ1) is 9.81. The van der Waals surface area contributed by atoms with E-state index in [-0.39, 0.29) is 24.6 Å². The SMILES string of the molecule is CCC(=O)S.[Zn]. The molecule has 0 fully saturated rings. The van der Waals surface area contributed by atoms with Crippen molar-refractivity contribution < 1.29 is 24.3 Å². The second-order valence-electron chi connectivity index (χ2n) is 0.747. The molecule has 1 nitrogen and oxygen atoms in total. The van der Waals surface area contributed by atoms with Gasteiger partial charge in [-0.1, -0.05) is 6.92 Å². The third-order valence-corrected chi connectivity index (χ3v) is 0.619. The minimum absolute atomic E-state index is 0. The number of carbonyl (C=O) groups excluding carboxylic acids is 1. The van der Waals surface area contributed by atoms with Gasteiger partial charge in [-0.15, -0.1) is 12.6 Å². The molecule has 0 aromatic carbocycles. The van der Waals surface area contributed by atoms with Crippen molar-refractivity contribution in [2.45, 2.75) is 13.3 Å². The van der Waals surface area contributed by atoms with Crippen LogP contribution in [0.15, 0.2) is 0 Å². The molecule has 0 aromatic rings. The normalized spacial score (nSPS) is 6.33. The van der Waals surface area contributed by atoms with E-state index in [0.29, 0.717) is 6.42 Å². The standard InChI is InChI=1S/C3H6OS.Zn/c1-2-3(4)5;/h2H2,1H3,(H,4,5);. The Morgan fingerprint density at radius 3 is 2.00 bits per heavy atom. The average Bonchev–Trinajstić information content (AvgIpc) is 1.38. The second kappa shape index (κ2) is 5.64. The molecular formula is C3H6OSZn. The molecule has 3 heteroatoms. The Hall–Kier alpha value is 0.643.